The van der Waals surface area contributed by atoms with Crippen molar-refractivity contribution < 1.29 is 9.53 Å². The summed E-state index contributed by atoms with van der Waals surface area (Å²) in [7, 11) is 1.71. The SMILES string of the molecule is COc1cccc2c1CN(CC(=O)NCCCn1c3ccccc3c3ccccc31)CC2. The lowest BCUT2D eigenvalue weighted by molar-refractivity contribution is -0.122. The molecule has 0 radical (unpaired) electrons. The van der Waals surface area contributed by atoms with Gasteiger partial charge in [0.2, 0.25) is 5.91 Å². The maximum Gasteiger partial charge on any atom is 0.234 e. The Hall–Kier alpha value is -3.31. The molecule has 1 aliphatic heterocycles. The molecule has 0 aliphatic carbocycles. The molecule has 1 aromatic heterocycles. The normalized spacial score (nSPS) is 13.9. The van der Waals surface area contributed by atoms with Crippen LogP contribution in [0.3, 0.4) is 0 Å². The summed E-state index contributed by atoms with van der Waals surface area (Å²) in [6.45, 7) is 3.63. The van der Waals surface area contributed by atoms with Gasteiger partial charge < -0.3 is 14.6 Å². The van der Waals surface area contributed by atoms with Crippen molar-refractivity contribution >= 4 is 27.7 Å². The van der Waals surface area contributed by atoms with Gasteiger partial charge in [-0.2, -0.15) is 0 Å². The number of para-hydroxylation sites is 2. The first-order chi connectivity index (χ1) is 15.7. The lowest BCUT2D eigenvalue weighted by Crippen LogP contribution is -2.40. The molecule has 32 heavy (non-hydrogen) atoms. The highest BCUT2D eigenvalue weighted by atomic mass is 16.5. The van der Waals surface area contributed by atoms with Crippen molar-refractivity contribution in [2.75, 3.05) is 26.7 Å². The molecule has 1 aliphatic rings. The van der Waals surface area contributed by atoms with Gasteiger partial charge in [-0.1, -0.05) is 48.5 Å². The van der Waals surface area contributed by atoms with E-state index in [9.17, 15) is 4.79 Å². The molecule has 5 nitrogen and oxygen atoms in total. The molecule has 0 unspecified atom stereocenters. The third-order valence-electron chi connectivity index (χ3n) is 6.46. The number of benzene rings is 3. The second-order valence-electron chi connectivity index (χ2n) is 8.45. The van der Waals surface area contributed by atoms with Crippen molar-refractivity contribution in [3.63, 3.8) is 0 Å². The molecule has 0 atom stereocenters. The number of hydrogen-bond acceptors (Lipinski definition) is 3. The molecule has 0 bridgehead atoms. The van der Waals surface area contributed by atoms with Crippen LogP contribution in [0.25, 0.3) is 21.8 Å². The van der Waals surface area contributed by atoms with E-state index >= 15 is 0 Å². The van der Waals surface area contributed by atoms with E-state index in [-0.39, 0.29) is 5.91 Å². The van der Waals surface area contributed by atoms with Gasteiger partial charge in [-0.05, 0) is 36.6 Å². The van der Waals surface area contributed by atoms with Crippen LogP contribution in [0.15, 0.2) is 66.7 Å². The molecule has 4 aromatic rings. The number of amides is 1. The van der Waals surface area contributed by atoms with Gasteiger partial charge in [-0.3, -0.25) is 9.69 Å². The summed E-state index contributed by atoms with van der Waals surface area (Å²) >= 11 is 0. The highest BCUT2D eigenvalue weighted by Crippen LogP contribution is 2.29. The topological polar surface area (TPSA) is 46.5 Å². The van der Waals surface area contributed by atoms with Gasteiger partial charge in [0.1, 0.15) is 5.75 Å². The molecule has 0 saturated heterocycles. The molecule has 5 rings (SSSR count). The van der Waals surface area contributed by atoms with Gasteiger partial charge in [-0.25, -0.2) is 0 Å². The van der Waals surface area contributed by atoms with Crippen LogP contribution < -0.4 is 10.1 Å². The number of aryl methyl sites for hydroxylation is 1. The van der Waals surface area contributed by atoms with E-state index in [0.717, 1.165) is 38.2 Å². The zero-order valence-corrected chi connectivity index (χ0v) is 18.5. The minimum absolute atomic E-state index is 0.0885. The van der Waals surface area contributed by atoms with Crippen molar-refractivity contribution in [2.24, 2.45) is 0 Å². The number of carbonyl (C=O) groups excluding carboxylic acids is 1. The number of ether oxygens (including phenoxy) is 1. The van der Waals surface area contributed by atoms with E-state index < -0.39 is 0 Å². The van der Waals surface area contributed by atoms with E-state index in [1.807, 2.05) is 12.1 Å². The van der Waals surface area contributed by atoms with Crippen LogP contribution in [-0.4, -0.2) is 42.1 Å². The fraction of sp³-hybridized carbons (Fsp3) is 0.296. The largest absolute Gasteiger partial charge is 0.496 e. The number of carbonyl (C=O) groups is 1. The molecular formula is C27H29N3O2. The molecule has 1 amide bonds. The predicted molar refractivity (Wildman–Crippen MR) is 129 cm³/mol. The summed E-state index contributed by atoms with van der Waals surface area (Å²) in [5, 5.41) is 5.69. The van der Waals surface area contributed by atoms with Crippen LogP contribution >= 0.6 is 0 Å². The summed E-state index contributed by atoms with van der Waals surface area (Å²) in [6, 6.07) is 23.3. The Morgan fingerprint density at radius 2 is 1.69 bits per heavy atom. The fourth-order valence-corrected chi connectivity index (χ4v) is 4.90. The molecule has 5 heteroatoms. The third-order valence-corrected chi connectivity index (χ3v) is 6.46. The smallest absolute Gasteiger partial charge is 0.234 e. The number of nitrogens with one attached hydrogen (secondary N) is 1. The van der Waals surface area contributed by atoms with Crippen LogP contribution in [0.5, 0.6) is 5.75 Å². The van der Waals surface area contributed by atoms with E-state index in [1.54, 1.807) is 7.11 Å². The molecular weight excluding hydrogens is 398 g/mol. The van der Waals surface area contributed by atoms with E-state index in [4.69, 9.17) is 4.74 Å². The predicted octanol–water partition coefficient (Wildman–Crippen LogP) is 4.37. The van der Waals surface area contributed by atoms with Crippen molar-refractivity contribution in [3.8, 4) is 5.75 Å². The first kappa shape index (κ1) is 20.6. The van der Waals surface area contributed by atoms with Gasteiger partial charge in [0.15, 0.2) is 0 Å². The zero-order valence-electron chi connectivity index (χ0n) is 18.5. The number of nitrogens with zero attached hydrogens (tertiary/aromatic N) is 2. The first-order valence-corrected chi connectivity index (χ1v) is 11.3. The quantitative estimate of drug-likeness (QED) is 0.446. The van der Waals surface area contributed by atoms with Crippen LogP contribution in [0.1, 0.15) is 17.5 Å². The Balaban J connectivity index is 1.17. The average Bonchev–Trinajstić information content (AvgIpc) is 3.15. The molecule has 0 fully saturated rings. The molecule has 3 aromatic carbocycles. The molecule has 1 N–H and O–H groups in total. The van der Waals surface area contributed by atoms with Gasteiger partial charge in [-0.15, -0.1) is 0 Å². The van der Waals surface area contributed by atoms with Crippen molar-refractivity contribution in [1.29, 1.82) is 0 Å². The Morgan fingerprint density at radius 3 is 2.41 bits per heavy atom. The van der Waals surface area contributed by atoms with Crippen LogP contribution in [-0.2, 0) is 24.3 Å². The van der Waals surface area contributed by atoms with Gasteiger partial charge in [0.05, 0.1) is 13.7 Å². The first-order valence-electron chi connectivity index (χ1n) is 11.3. The Labute approximate surface area is 188 Å². The second-order valence-corrected chi connectivity index (χ2v) is 8.45. The maximum absolute atomic E-state index is 12.6. The summed E-state index contributed by atoms with van der Waals surface area (Å²) in [5.74, 6) is 1.00. The molecule has 0 spiro atoms. The van der Waals surface area contributed by atoms with E-state index in [1.165, 1.54) is 32.9 Å². The summed E-state index contributed by atoms with van der Waals surface area (Å²) in [6.07, 6.45) is 1.85. The minimum Gasteiger partial charge on any atom is -0.496 e. The highest BCUT2D eigenvalue weighted by Gasteiger charge is 2.21. The van der Waals surface area contributed by atoms with Crippen LogP contribution in [0.4, 0.5) is 0 Å². The lowest BCUT2D eigenvalue weighted by atomic mass is 9.99. The van der Waals surface area contributed by atoms with Crippen molar-refractivity contribution in [1.82, 2.24) is 14.8 Å². The summed E-state index contributed by atoms with van der Waals surface area (Å²) < 4.78 is 7.88. The third kappa shape index (κ3) is 3.96. The Kier molecular flexibility index (Phi) is 5.82. The van der Waals surface area contributed by atoms with E-state index in [0.29, 0.717) is 13.1 Å². The molecule has 2 heterocycles. The van der Waals surface area contributed by atoms with E-state index in [2.05, 4.69) is 69.4 Å². The number of aromatic nitrogens is 1. The number of methoxy groups -OCH3 is 1. The van der Waals surface area contributed by atoms with Crippen molar-refractivity contribution in [3.05, 3.63) is 77.9 Å². The highest BCUT2D eigenvalue weighted by molar-refractivity contribution is 6.07. The average molecular weight is 428 g/mol. The van der Waals surface area contributed by atoms with Crippen LogP contribution in [0, 0.1) is 0 Å². The second kappa shape index (κ2) is 9.05. The fourth-order valence-electron chi connectivity index (χ4n) is 4.90. The summed E-state index contributed by atoms with van der Waals surface area (Å²) in [4.78, 5) is 14.8. The number of rotatable bonds is 7. The van der Waals surface area contributed by atoms with Crippen molar-refractivity contribution in [2.45, 2.75) is 25.9 Å². The molecule has 164 valence electrons. The minimum atomic E-state index is 0.0885. The van der Waals surface area contributed by atoms with Gasteiger partial charge in [0, 0.05) is 53.5 Å². The van der Waals surface area contributed by atoms with Gasteiger partial charge >= 0.3 is 0 Å². The van der Waals surface area contributed by atoms with Crippen LogP contribution in [0.2, 0.25) is 0 Å². The van der Waals surface area contributed by atoms with Gasteiger partial charge in [0.25, 0.3) is 0 Å². The Morgan fingerprint density at radius 1 is 0.969 bits per heavy atom. The standard InChI is InChI=1S/C27H29N3O2/c1-32-26-13-6-8-20-14-17-29(18-23(20)26)19-27(31)28-15-7-16-30-24-11-4-2-9-21(24)22-10-3-5-12-25(22)30/h2-6,8-13H,7,14-19H2,1H3,(H,28,31). The monoisotopic (exact) mass is 427 g/mol. The number of hydrogen-bond donors (Lipinski definition) is 1. The number of fused-ring (bicyclic) bond motifs is 4. The zero-order chi connectivity index (χ0) is 21.9. The Bertz CT molecular complexity index is 1190. The maximum atomic E-state index is 12.6. The lowest BCUT2D eigenvalue weighted by Gasteiger charge is -2.29. The molecule has 0 saturated carbocycles. The summed E-state index contributed by atoms with van der Waals surface area (Å²) in [5.41, 5.74) is 5.04.